The van der Waals surface area contributed by atoms with E-state index in [9.17, 15) is 0 Å². The molecule has 1 N–H and O–H groups in total. The van der Waals surface area contributed by atoms with Crippen molar-refractivity contribution in [2.45, 2.75) is 25.9 Å². The Labute approximate surface area is 170 Å². The van der Waals surface area contributed by atoms with E-state index in [-0.39, 0.29) is 0 Å². The Balaban J connectivity index is 1.29. The summed E-state index contributed by atoms with van der Waals surface area (Å²) in [6.07, 6.45) is 2.62. The third-order valence-electron chi connectivity index (χ3n) is 5.18. The Morgan fingerprint density at radius 3 is 2.74 bits per heavy atom. The van der Waals surface area contributed by atoms with Crippen LogP contribution >= 0.6 is 23.6 Å². The smallest absolute Gasteiger partial charge is 0.185 e. The molecule has 0 spiro atoms. The summed E-state index contributed by atoms with van der Waals surface area (Å²) in [5, 5.41) is 7.48. The second kappa shape index (κ2) is 8.54. The van der Waals surface area contributed by atoms with Crippen LogP contribution in [0.1, 0.15) is 18.4 Å². The summed E-state index contributed by atoms with van der Waals surface area (Å²) in [7, 11) is 0. The van der Waals surface area contributed by atoms with Gasteiger partial charge in [-0.25, -0.2) is 4.98 Å². The first-order valence-corrected chi connectivity index (χ1v) is 10.9. The van der Waals surface area contributed by atoms with Crippen molar-refractivity contribution < 1.29 is 4.74 Å². The average Bonchev–Trinajstić information content (AvgIpc) is 3.39. The molecule has 1 atom stereocenters. The zero-order valence-corrected chi connectivity index (χ0v) is 17.3. The molecule has 27 heavy (non-hydrogen) atoms. The van der Waals surface area contributed by atoms with Crippen LogP contribution in [-0.4, -0.2) is 60.4 Å². The Kier molecular flexibility index (Phi) is 5.90. The molecule has 4 rings (SSSR count). The van der Waals surface area contributed by atoms with Crippen LogP contribution in [0.5, 0.6) is 0 Å². The Hall–Kier alpha value is -1.70. The summed E-state index contributed by atoms with van der Waals surface area (Å²) in [6.45, 7) is 7.57. The third-order valence-corrected chi connectivity index (χ3v) is 6.49. The summed E-state index contributed by atoms with van der Waals surface area (Å²) >= 11 is 7.29. The van der Waals surface area contributed by atoms with Crippen molar-refractivity contribution in [3.63, 3.8) is 0 Å². The van der Waals surface area contributed by atoms with Crippen LogP contribution in [0.3, 0.4) is 0 Å². The lowest BCUT2D eigenvalue weighted by atomic mass is 10.1. The Morgan fingerprint density at radius 1 is 1.26 bits per heavy atom. The highest BCUT2D eigenvalue weighted by molar-refractivity contribution is 7.80. The lowest BCUT2D eigenvalue weighted by Gasteiger charge is -2.36. The largest absolute Gasteiger partial charge is 0.376 e. The van der Waals surface area contributed by atoms with Gasteiger partial charge in [-0.05, 0) is 32.0 Å². The number of aromatic nitrogens is 1. The molecule has 0 aliphatic carbocycles. The molecule has 144 valence electrons. The van der Waals surface area contributed by atoms with Gasteiger partial charge in [0.25, 0.3) is 0 Å². The van der Waals surface area contributed by atoms with Crippen LogP contribution in [-0.2, 0) is 4.74 Å². The van der Waals surface area contributed by atoms with Gasteiger partial charge >= 0.3 is 0 Å². The molecule has 2 saturated heterocycles. The highest BCUT2D eigenvalue weighted by Crippen LogP contribution is 2.28. The quantitative estimate of drug-likeness (QED) is 0.792. The standard InChI is InChI=1S/C20H26N4OS2/c1-15-4-6-16(7-5-15)18-14-27-20(22-18)24-10-8-23(9-11-24)19(26)21-13-17-3-2-12-25-17/h4-7,14,17H,2-3,8-13H2,1H3,(H,21,26). The molecule has 3 heterocycles. The predicted molar refractivity (Wildman–Crippen MR) is 116 cm³/mol. The van der Waals surface area contributed by atoms with Gasteiger partial charge in [-0.2, -0.15) is 0 Å². The lowest BCUT2D eigenvalue weighted by molar-refractivity contribution is 0.113. The molecule has 0 amide bonds. The topological polar surface area (TPSA) is 40.6 Å². The summed E-state index contributed by atoms with van der Waals surface area (Å²) in [6, 6.07) is 8.56. The second-order valence-electron chi connectivity index (χ2n) is 7.18. The summed E-state index contributed by atoms with van der Waals surface area (Å²) in [5.41, 5.74) is 3.52. The number of ether oxygens (including phenoxy) is 1. The number of anilines is 1. The average molecular weight is 403 g/mol. The van der Waals surface area contributed by atoms with Gasteiger partial charge in [0.2, 0.25) is 0 Å². The van der Waals surface area contributed by atoms with E-state index in [2.05, 4.69) is 51.7 Å². The fraction of sp³-hybridized carbons (Fsp3) is 0.500. The molecule has 2 aliphatic rings. The molecule has 2 aliphatic heterocycles. The summed E-state index contributed by atoms with van der Waals surface area (Å²) in [5.74, 6) is 0. The molecule has 0 saturated carbocycles. The van der Waals surface area contributed by atoms with Crippen LogP contribution < -0.4 is 10.2 Å². The maximum absolute atomic E-state index is 5.66. The predicted octanol–water partition coefficient (Wildman–Crippen LogP) is 3.29. The molecule has 2 fully saturated rings. The maximum Gasteiger partial charge on any atom is 0.185 e. The lowest BCUT2D eigenvalue weighted by Crippen LogP contribution is -2.52. The number of aryl methyl sites for hydroxylation is 1. The SMILES string of the molecule is Cc1ccc(-c2csc(N3CCN(C(=S)NCC4CCCO4)CC3)n2)cc1. The van der Waals surface area contributed by atoms with Gasteiger partial charge in [-0.3, -0.25) is 0 Å². The van der Waals surface area contributed by atoms with Gasteiger partial charge in [0, 0.05) is 50.3 Å². The third kappa shape index (κ3) is 4.59. The highest BCUT2D eigenvalue weighted by atomic mass is 32.1. The molecule has 7 heteroatoms. The van der Waals surface area contributed by atoms with Crippen molar-refractivity contribution in [3.8, 4) is 11.3 Å². The number of hydrogen-bond acceptors (Lipinski definition) is 5. The molecule has 2 aromatic rings. The highest BCUT2D eigenvalue weighted by Gasteiger charge is 2.22. The Bertz CT molecular complexity index is 763. The zero-order valence-electron chi connectivity index (χ0n) is 15.7. The summed E-state index contributed by atoms with van der Waals surface area (Å²) in [4.78, 5) is 9.48. The fourth-order valence-corrected chi connectivity index (χ4v) is 4.64. The molecule has 1 aromatic heterocycles. The number of hydrogen-bond donors (Lipinski definition) is 1. The molecule has 0 bridgehead atoms. The van der Waals surface area contributed by atoms with Crippen molar-refractivity contribution in [2.75, 3.05) is 44.2 Å². The van der Waals surface area contributed by atoms with Gasteiger partial charge < -0.3 is 19.9 Å². The van der Waals surface area contributed by atoms with Crippen molar-refractivity contribution in [3.05, 3.63) is 35.2 Å². The number of thiazole rings is 1. The van der Waals surface area contributed by atoms with Gasteiger partial charge in [-0.1, -0.05) is 29.8 Å². The van der Waals surface area contributed by atoms with Crippen molar-refractivity contribution >= 4 is 33.8 Å². The van der Waals surface area contributed by atoms with Crippen LogP contribution in [0.4, 0.5) is 5.13 Å². The molecular weight excluding hydrogens is 376 g/mol. The number of piperazine rings is 1. The minimum absolute atomic E-state index is 0.319. The monoisotopic (exact) mass is 402 g/mol. The fourth-order valence-electron chi connectivity index (χ4n) is 3.49. The van der Waals surface area contributed by atoms with E-state index in [4.69, 9.17) is 21.9 Å². The van der Waals surface area contributed by atoms with E-state index < -0.39 is 0 Å². The van der Waals surface area contributed by atoms with Crippen LogP contribution in [0.25, 0.3) is 11.3 Å². The van der Waals surface area contributed by atoms with Crippen LogP contribution in [0.2, 0.25) is 0 Å². The van der Waals surface area contributed by atoms with Crippen molar-refractivity contribution in [1.82, 2.24) is 15.2 Å². The first-order chi connectivity index (χ1) is 13.2. The van der Waals surface area contributed by atoms with E-state index in [1.54, 1.807) is 11.3 Å². The zero-order chi connectivity index (χ0) is 18.6. The number of rotatable bonds is 4. The molecular formula is C20H26N4OS2. The minimum Gasteiger partial charge on any atom is -0.376 e. The van der Waals surface area contributed by atoms with Crippen molar-refractivity contribution in [1.29, 1.82) is 0 Å². The van der Waals surface area contributed by atoms with Gasteiger partial charge in [-0.15, -0.1) is 11.3 Å². The maximum atomic E-state index is 5.66. The van der Waals surface area contributed by atoms with Gasteiger partial charge in [0.1, 0.15) is 0 Å². The van der Waals surface area contributed by atoms with Gasteiger partial charge in [0.05, 0.1) is 11.8 Å². The second-order valence-corrected chi connectivity index (χ2v) is 8.40. The molecule has 1 unspecified atom stereocenters. The van der Waals surface area contributed by atoms with E-state index in [1.165, 1.54) is 11.1 Å². The number of nitrogens with zero attached hydrogens (tertiary/aromatic N) is 3. The number of nitrogens with one attached hydrogen (secondary N) is 1. The first kappa shape index (κ1) is 18.7. The minimum atomic E-state index is 0.319. The van der Waals surface area contributed by atoms with E-state index in [0.717, 1.165) is 68.1 Å². The molecule has 5 nitrogen and oxygen atoms in total. The Morgan fingerprint density at radius 2 is 2.04 bits per heavy atom. The van der Waals surface area contributed by atoms with E-state index in [0.29, 0.717) is 6.10 Å². The summed E-state index contributed by atoms with van der Waals surface area (Å²) < 4.78 is 5.66. The van der Waals surface area contributed by atoms with Crippen molar-refractivity contribution in [2.24, 2.45) is 0 Å². The van der Waals surface area contributed by atoms with E-state index >= 15 is 0 Å². The number of thiocarbonyl (C=S) groups is 1. The van der Waals surface area contributed by atoms with E-state index in [1.807, 2.05) is 0 Å². The molecule has 0 radical (unpaired) electrons. The normalized spacial score (nSPS) is 20.1. The van der Waals surface area contributed by atoms with Crippen LogP contribution in [0.15, 0.2) is 29.6 Å². The first-order valence-electron chi connectivity index (χ1n) is 9.61. The van der Waals surface area contributed by atoms with Gasteiger partial charge in [0.15, 0.2) is 10.2 Å². The molecule has 1 aromatic carbocycles. The van der Waals surface area contributed by atoms with Crippen LogP contribution in [0, 0.1) is 6.92 Å². The number of benzene rings is 1.